The van der Waals surface area contributed by atoms with E-state index in [1.807, 2.05) is 16.8 Å². The van der Waals surface area contributed by atoms with E-state index >= 15 is 0 Å². The van der Waals surface area contributed by atoms with Crippen molar-refractivity contribution in [1.29, 1.82) is 0 Å². The van der Waals surface area contributed by atoms with Crippen LogP contribution >= 0.6 is 11.3 Å². The molecule has 0 fully saturated rings. The van der Waals surface area contributed by atoms with E-state index in [2.05, 4.69) is 26.0 Å². The Morgan fingerprint density at radius 3 is 2.66 bits per heavy atom. The number of anilines is 3. The molecule has 1 aromatic carbocycles. The number of amides is 3. The highest BCUT2D eigenvalue weighted by molar-refractivity contribution is 7.08. The Labute approximate surface area is 187 Å². The number of nitrogens with zero attached hydrogens (tertiary/aromatic N) is 3. The highest BCUT2D eigenvalue weighted by Gasteiger charge is 2.21. The molecule has 4 rings (SSSR count). The van der Waals surface area contributed by atoms with Crippen molar-refractivity contribution in [3.63, 3.8) is 0 Å². The zero-order valence-electron chi connectivity index (χ0n) is 17.2. The van der Waals surface area contributed by atoms with Gasteiger partial charge in [0.15, 0.2) is 5.82 Å². The fourth-order valence-corrected chi connectivity index (χ4v) is 3.80. The molecule has 164 valence electrons. The lowest BCUT2D eigenvalue weighted by atomic mass is 10.0. The molecule has 5 N–H and O–H groups in total. The van der Waals surface area contributed by atoms with Gasteiger partial charge in [-0.05, 0) is 29.1 Å². The number of thiophene rings is 1. The molecule has 3 amide bonds. The Morgan fingerprint density at radius 1 is 1.16 bits per heavy atom. The molecule has 0 unspecified atom stereocenters. The number of nitrogens with one attached hydrogen (secondary N) is 3. The Kier molecular flexibility index (Phi) is 6.29. The van der Waals surface area contributed by atoms with E-state index in [0.717, 1.165) is 11.3 Å². The van der Waals surface area contributed by atoms with E-state index < -0.39 is 0 Å². The summed E-state index contributed by atoms with van der Waals surface area (Å²) >= 11 is 1.50. The van der Waals surface area contributed by atoms with Crippen molar-refractivity contribution >= 4 is 46.0 Å². The van der Waals surface area contributed by atoms with Crippen LogP contribution in [0.1, 0.15) is 10.4 Å². The number of hydrogen-bond acceptors (Lipinski definition) is 7. The van der Waals surface area contributed by atoms with E-state index in [0.29, 0.717) is 35.5 Å². The van der Waals surface area contributed by atoms with Crippen LogP contribution in [0.25, 0.3) is 16.6 Å². The standard InChI is InChI=1S/C21H21N7O3S/c1-31-8-7-23-20(29)16-10-28-18(19(22)24-12-25-28)17(16)13-2-4-14(5-3-13)26-21(30)27-15-6-9-32-11-15/h2-6,9-12H,7-8H2,1H3,(H,23,29)(H2,22,24,25)(H2,26,27,30). The van der Waals surface area contributed by atoms with E-state index in [-0.39, 0.29) is 17.8 Å². The zero-order valence-corrected chi connectivity index (χ0v) is 18.0. The van der Waals surface area contributed by atoms with Crippen molar-refractivity contribution in [2.45, 2.75) is 0 Å². The number of ether oxygens (including phenoxy) is 1. The maximum absolute atomic E-state index is 12.8. The molecular weight excluding hydrogens is 430 g/mol. The largest absolute Gasteiger partial charge is 0.383 e. The molecule has 0 atom stereocenters. The second-order valence-corrected chi connectivity index (χ2v) is 7.55. The van der Waals surface area contributed by atoms with Crippen LogP contribution in [0.2, 0.25) is 0 Å². The Bertz CT molecular complexity index is 1240. The summed E-state index contributed by atoms with van der Waals surface area (Å²) in [7, 11) is 1.57. The average Bonchev–Trinajstić information content (AvgIpc) is 3.43. The van der Waals surface area contributed by atoms with Crippen LogP contribution in [-0.4, -0.2) is 46.8 Å². The van der Waals surface area contributed by atoms with Gasteiger partial charge >= 0.3 is 6.03 Å². The zero-order chi connectivity index (χ0) is 22.5. The molecule has 0 aliphatic heterocycles. The Morgan fingerprint density at radius 2 is 1.94 bits per heavy atom. The second kappa shape index (κ2) is 9.45. The first-order valence-corrected chi connectivity index (χ1v) is 10.6. The summed E-state index contributed by atoms with van der Waals surface area (Å²) in [6, 6.07) is 8.57. The number of benzene rings is 1. The third kappa shape index (κ3) is 4.53. The fraction of sp³-hybridized carbons (Fsp3) is 0.143. The van der Waals surface area contributed by atoms with E-state index in [9.17, 15) is 9.59 Å². The first-order chi connectivity index (χ1) is 15.6. The predicted molar refractivity (Wildman–Crippen MR) is 124 cm³/mol. The van der Waals surface area contributed by atoms with Gasteiger partial charge in [-0.3, -0.25) is 4.79 Å². The molecule has 0 spiro atoms. The van der Waals surface area contributed by atoms with Gasteiger partial charge in [-0.1, -0.05) is 12.1 Å². The van der Waals surface area contributed by atoms with Gasteiger partial charge in [-0.15, -0.1) is 0 Å². The van der Waals surface area contributed by atoms with Gasteiger partial charge in [-0.25, -0.2) is 14.3 Å². The number of methoxy groups -OCH3 is 1. The molecule has 0 aliphatic rings. The lowest BCUT2D eigenvalue weighted by molar-refractivity contribution is 0.0937. The molecule has 0 aliphatic carbocycles. The fourth-order valence-electron chi connectivity index (χ4n) is 3.21. The van der Waals surface area contributed by atoms with Crippen molar-refractivity contribution < 1.29 is 14.3 Å². The minimum atomic E-state index is -0.346. The Balaban J connectivity index is 1.62. The summed E-state index contributed by atoms with van der Waals surface area (Å²) in [5.74, 6) is -0.0254. The van der Waals surface area contributed by atoms with Crippen LogP contribution in [0.5, 0.6) is 0 Å². The van der Waals surface area contributed by atoms with Crippen LogP contribution in [0.15, 0.2) is 53.6 Å². The van der Waals surface area contributed by atoms with Crippen molar-refractivity contribution in [2.75, 3.05) is 36.6 Å². The highest BCUT2D eigenvalue weighted by Crippen LogP contribution is 2.33. The van der Waals surface area contributed by atoms with E-state index in [1.165, 1.54) is 22.2 Å². The first kappa shape index (κ1) is 21.3. The van der Waals surface area contributed by atoms with Gasteiger partial charge in [0, 0.05) is 36.5 Å². The van der Waals surface area contributed by atoms with Gasteiger partial charge in [-0.2, -0.15) is 16.4 Å². The monoisotopic (exact) mass is 451 g/mol. The molecule has 0 bridgehead atoms. The molecule has 11 heteroatoms. The van der Waals surface area contributed by atoms with Crippen LogP contribution in [0, 0.1) is 0 Å². The van der Waals surface area contributed by atoms with Crippen LogP contribution in [0.4, 0.5) is 22.0 Å². The number of carbonyl (C=O) groups is 2. The van der Waals surface area contributed by atoms with Crippen LogP contribution in [0.3, 0.4) is 0 Å². The molecular formula is C21H21N7O3S. The van der Waals surface area contributed by atoms with Crippen molar-refractivity contribution in [3.8, 4) is 11.1 Å². The summed E-state index contributed by atoms with van der Waals surface area (Å²) in [4.78, 5) is 29.1. The maximum Gasteiger partial charge on any atom is 0.323 e. The molecule has 10 nitrogen and oxygen atoms in total. The maximum atomic E-state index is 12.8. The second-order valence-electron chi connectivity index (χ2n) is 6.77. The first-order valence-electron chi connectivity index (χ1n) is 9.66. The normalized spacial score (nSPS) is 10.8. The lowest BCUT2D eigenvalue weighted by Crippen LogP contribution is -2.27. The third-order valence-electron chi connectivity index (χ3n) is 4.65. The molecule has 32 heavy (non-hydrogen) atoms. The smallest absolute Gasteiger partial charge is 0.323 e. The molecule has 0 saturated heterocycles. The van der Waals surface area contributed by atoms with Gasteiger partial charge in [0.1, 0.15) is 11.8 Å². The summed E-state index contributed by atoms with van der Waals surface area (Å²) in [5.41, 5.74) is 9.69. The third-order valence-corrected chi connectivity index (χ3v) is 5.33. The van der Waals surface area contributed by atoms with Gasteiger partial charge in [0.25, 0.3) is 5.91 Å². The minimum absolute atomic E-state index is 0.253. The SMILES string of the molecule is COCCNC(=O)c1cn2ncnc(N)c2c1-c1ccc(NC(=O)Nc2ccsc2)cc1. The van der Waals surface area contributed by atoms with Crippen molar-refractivity contribution in [1.82, 2.24) is 19.9 Å². The number of nitrogen functional groups attached to an aromatic ring is 1. The van der Waals surface area contributed by atoms with Crippen LogP contribution < -0.4 is 21.7 Å². The predicted octanol–water partition coefficient (Wildman–Crippen LogP) is 3.06. The van der Waals surface area contributed by atoms with Gasteiger partial charge in [0.05, 0.1) is 17.9 Å². The summed E-state index contributed by atoms with van der Waals surface area (Å²) in [5, 5.41) is 16.2. The number of carbonyl (C=O) groups excluding carboxylic acids is 2. The molecule has 0 saturated carbocycles. The topological polar surface area (TPSA) is 136 Å². The highest BCUT2D eigenvalue weighted by atomic mass is 32.1. The number of rotatable bonds is 7. The van der Waals surface area contributed by atoms with Crippen molar-refractivity contribution in [3.05, 3.63) is 59.2 Å². The summed E-state index contributed by atoms with van der Waals surface area (Å²) in [6.45, 7) is 0.758. The number of hydrogen-bond donors (Lipinski definition) is 4. The van der Waals surface area contributed by atoms with Crippen LogP contribution in [-0.2, 0) is 4.74 Å². The summed E-state index contributed by atoms with van der Waals surface area (Å²) < 4.78 is 6.53. The number of nitrogens with two attached hydrogens (primary N) is 1. The van der Waals surface area contributed by atoms with E-state index in [4.69, 9.17) is 10.5 Å². The summed E-state index contributed by atoms with van der Waals surface area (Å²) in [6.07, 6.45) is 2.95. The number of fused-ring (bicyclic) bond motifs is 1. The quantitative estimate of drug-likeness (QED) is 0.319. The average molecular weight is 452 g/mol. The van der Waals surface area contributed by atoms with E-state index in [1.54, 1.807) is 37.6 Å². The van der Waals surface area contributed by atoms with Gasteiger partial charge in [0.2, 0.25) is 0 Å². The molecule has 3 heterocycles. The number of urea groups is 1. The lowest BCUT2D eigenvalue weighted by Gasteiger charge is -2.09. The Hall–Kier alpha value is -3.96. The molecule has 0 radical (unpaired) electrons. The molecule has 3 aromatic heterocycles. The number of aromatic nitrogens is 3. The minimum Gasteiger partial charge on any atom is -0.383 e. The van der Waals surface area contributed by atoms with Gasteiger partial charge < -0.3 is 26.4 Å². The molecule has 4 aromatic rings. The van der Waals surface area contributed by atoms with Crippen molar-refractivity contribution in [2.24, 2.45) is 0 Å².